The molecule has 3 aromatic heterocycles. The van der Waals surface area contributed by atoms with E-state index in [0.29, 0.717) is 0 Å². The van der Waals surface area contributed by atoms with Gasteiger partial charge in [-0.05, 0) is 91.0 Å². The lowest BCUT2D eigenvalue weighted by molar-refractivity contribution is 1.14. The molecule has 0 unspecified atom stereocenters. The second-order valence-electron chi connectivity index (χ2n) is 12.3. The van der Waals surface area contributed by atoms with Gasteiger partial charge in [0.25, 0.3) is 0 Å². The van der Waals surface area contributed by atoms with Crippen LogP contribution in [0.1, 0.15) is 0 Å². The van der Waals surface area contributed by atoms with E-state index in [1.54, 1.807) is 0 Å². The third kappa shape index (κ3) is 3.12. The molecule has 0 fully saturated rings. The average Bonchev–Trinajstić information content (AvgIpc) is 3.70. The molecule has 4 heteroatoms. The molecule has 11 rings (SSSR count). The molecule has 0 aliphatic carbocycles. The van der Waals surface area contributed by atoms with E-state index in [0.717, 1.165) is 50.0 Å². The van der Waals surface area contributed by atoms with Crippen LogP contribution in [0.4, 0.5) is 0 Å². The molecule has 11 aromatic rings. The minimum Gasteiger partial charge on any atom is -0.277 e. The molecule has 0 aliphatic heterocycles. The van der Waals surface area contributed by atoms with Gasteiger partial charge in [-0.3, -0.25) is 8.80 Å². The fourth-order valence-electron chi connectivity index (χ4n) is 7.72. The van der Waals surface area contributed by atoms with Crippen molar-refractivity contribution in [3.8, 4) is 22.3 Å². The lowest BCUT2D eigenvalue weighted by Gasteiger charge is -2.14. The maximum absolute atomic E-state index is 5.10. The van der Waals surface area contributed by atoms with Crippen LogP contribution in [0.3, 0.4) is 0 Å². The van der Waals surface area contributed by atoms with Gasteiger partial charge in [-0.1, -0.05) is 109 Å². The second-order valence-corrected chi connectivity index (χ2v) is 12.3. The van der Waals surface area contributed by atoms with Crippen LogP contribution in [0.5, 0.6) is 0 Å². The zero-order valence-electron chi connectivity index (χ0n) is 24.6. The Balaban J connectivity index is 1.11. The molecule has 0 radical (unpaired) electrons. The van der Waals surface area contributed by atoms with Gasteiger partial charge in [-0.2, -0.15) is 0 Å². The second kappa shape index (κ2) is 8.68. The lowest BCUT2D eigenvalue weighted by atomic mass is 9.89. The largest absolute Gasteiger partial charge is 0.277 e. The van der Waals surface area contributed by atoms with E-state index in [1.165, 1.54) is 49.0 Å². The molecule has 212 valence electrons. The molecule has 3 heterocycles. The maximum atomic E-state index is 5.10. The summed E-state index contributed by atoms with van der Waals surface area (Å²) >= 11 is 0. The third-order valence-corrected chi connectivity index (χ3v) is 9.84. The average molecular weight is 585 g/mol. The van der Waals surface area contributed by atoms with E-state index < -0.39 is 0 Å². The first-order chi connectivity index (χ1) is 22.8. The zero-order chi connectivity index (χ0) is 29.9. The first-order valence-corrected chi connectivity index (χ1v) is 15.7. The first kappa shape index (κ1) is 24.1. The van der Waals surface area contributed by atoms with Gasteiger partial charge in [0.1, 0.15) is 5.65 Å². The highest BCUT2D eigenvalue weighted by atomic mass is 15.2. The van der Waals surface area contributed by atoms with E-state index in [9.17, 15) is 0 Å². The van der Waals surface area contributed by atoms with Crippen molar-refractivity contribution in [2.24, 2.45) is 0 Å². The van der Waals surface area contributed by atoms with E-state index in [4.69, 9.17) is 9.97 Å². The number of hydrogen-bond donors (Lipinski definition) is 0. The fourth-order valence-corrected chi connectivity index (χ4v) is 7.72. The van der Waals surface area contributed by atoms with E-state index in [1.807, 2.05) is 12.1 Å². The summed E-state index contributed by atoms with van der Waals surface area (Å²) in [4.78, 5) is 10.2. The van der Waals surface area contributed by atoms with Crippen LogP contribution in [-0.2, 0) is 0 Å². The van der Waals surface area contributed by atoms with Gasteiger partial charge in [0.2, 0.25) is 5.78 Å². The highest BCUT2D eigenvalue weighted by Crippen LogP contribution is 2.40. The molecule has 46 heavy (non-hydrogen) atoms. The summed E-state index contributed by atoms with van der Waals surface area (Å²) in [6.45, 7) is 0. The third-order valence-electron chi connectivity index (χ3n) is 9.84. The molecule has 0 aliphatic rings. The highest BCUT2D eigenvalue weighted by Gasteiger charge is 2.18. The van der Waals surface area contributed by atoms with Crippen molar-refractivity contribution in [3.05, 3.63) is 146 Å². The molecule has 4 nitrogen and oxygen atoms in total. The van der Waals surface area contributed by atoms with Crippen LogP contribution < -0.4 is 0 Å². The normalized spacial score (nSPS) is 12.3. The van der Waals surface area contributed by atoms with Crippen LogP contribution in [0, 0.1) is 0 Å². The Kier molecular flexibility index (Phi) is 4.55. The minimum absolute atomic E-state index is 0.874. The number of aromatic nitrogens is 4. The Morgan fingerprint density at radius 2 is 1.00 bits per heavy atom. The Bertz CT molecular complexity index is 3000. The molecule has 0 N–H and O–H groups in total. The van der Waals surface area contributed by atoms with Crippen LogP contribution in [-0.4, -0.2) is 18.8 Å². The van der Waals surface area contributed by atoms with Gasteiger partial charge in [0.05, 0.1) is 27.6 Å². The predicted molar refractivity (Wildman–Crippen MR) is 191 cm³/mol. The SMILES string of the molecule is c1cc2ccc3ccc(-c4ccc(-c5ccc6c(c5)n5c7ccccc7nc5n5c7ccccc7nc65)cc4)c4ccc(c1)c2c34. The molecule has 0 saturated carbocycles. The highest BCUT2D eigenvalue weighted by molar-refractivity contribution is 6.25. The lowest BCUT2D eigenvalue weighted by Crippen LogP contribution is -1.98. The summed E-state index contributed by atoms with van der Waals surface area (Å²) in [5.41, 5.74) is 10.9. The number of rotatable bonds is 2. The minimum atomic E-state index is 0.874. The van der Waals surface area contributed by atoms with Crippen molar-refractivity contribution in [1.82, 2.24) is 18.8 Å². The van der Waals surface area contributed by atoms with Crippen LogP contribution in [0.2, 0.25) is 0 Å². The van der Waals surface area contributed by atoms with Crippen molar-refractivity contribution >= 4 is 76.7 Å². The van der Waals surface area contributed by atoms with Crippen molar-refractivity contribution in [3.63, 3.8) is 0 Å². The standard InChI is InChI=1S/C42H24N4/c1-4-11-37-34(8-1)43-41-33-23-20-30(24-38(33)45-36-10-3-2-9-35(36)44-42(45)46(37)41)25-12-14-26(15-13-25)31-21-18-29-17-16-27-6-5-7-28-19-22-32(31)40(29)39(27)28/h1-24H. The zero-order valence-corrected chi connectivity index (χ0v) is 24.6. The number of nitrogens with zero attached hydrogens (tertiary/aromatic N) is 4. The Morgan fingerprint density at radius 3 is 1.80 bits per heavy atom. The number of hydrogen-bond acceptors (Lipinski definition) is 2. The molecule has 0 bridgehead atoms. The monoisotopic (exact) mass is 584 g/mol. The summed E-state index contributed by atoms with van der Waals surface area (Å²) in [7, 11) is 0. The number of para-hydroxylation sites is 4. The van der Waals surface area contributed by atoms with Crippen molar-refractivity contribution < 1.29 is 0 Å². The summed E-state index contributed by atoms with van der Waals surface area (Å²) in [6.07, 6.45) is 0. The molecular formula is C42H24N4. The van der Waals surface area contributed by atoms with Gasteiger partial charge in [-0.15, -0.1) is 0 Å². The fraction of sp³-hybridized carbons (Fsp3) is 0. The Labute approximate surface area is 262 Å². The van der Waals surface area contributed by atoms with E-state index in [-0.39, 0.29) is 0 Å². The maximum Gasteiger partial charge on any atom is 0.221 e. The first-order valence-electron chi connectivity index (χ1n) is 15.7. The summed E-state index contributed by atoms with van der Waals surface area (Å²) in [5, 5.41) is 8.96. The summed E-state index contributed by atoms with van der Waals surface area (Å²) in [5.74, 6) is 0.874. The number of imidazole rings is 2. The van der Waals surface area contributed by atoms with Gasteiger partial charge in [0, 0.05) is 5.39 Å². The Hall–Kier alpha value is -6.26. The number of benzene rings is 8. The van der Waals surface area contributed by atoms with Gasteiger partial charge in [0.15, 0.2) is 0 Å². The van der Waals surface area contributed by atoms with Crippen LogP contribution in [0.15, 0.2) is 146 Å². The Morgan fingerprint density at radius 1 is 0.391 bits per heavy atom. The van der Waals surface area contributed by atoms with Gasteiger partial charge >= 0.3 is 0 Å². The molecular weight excluding hydrogens is 560 g/mol. The molecule has 0 saturated heterocycles. The van der Waals surface area contributed by atoms with Crippen molar-refractivity contribution in [2.45, 2.75) is 0 Å². The van der Waals surface area contributed by atoms with Gasteiger partial charge < -0.3 is 0 Å². The predicted octanol–water partition coefficient (Wildman–Crippen LogP) is 10.7. The van der Waals surface area contributed by atoms with Crippen molar-refractivity contribution in [2.75, 3.05) is 0 Å². The summed E-state index contributed by atoms with van der Waals surface area (Å²) in [6, 6.07) is 52.6. The van der Waals surface area contributed by atoms with E-state index >= 15 is 0 Å². The molecule has 0 atom stereocenters. The van der Waals surface area contributed by atoms with Crippen LogP contribution in [0.25, 0.3) is 99.0 Å². The molecule has 8 aromatic carbocycles. The van der Waals surface area contributed by atoms with Crippen molar-refractivity contribution in [1.29, 1.82) is 0 Å². The van der Waals surface area contributed by atoms with E-state index in [2.05, 4.69) is 142 Å². The smallest absolute Gasteiger partial charge is 0.221 e. The van der Waals surface area contributed by atoms with Crippen LogP contribution >= 0.6 is 0 Å². The topological polar surface area (TPSA) is 34.6 Å². The molecule has 0 spiro atoms. The number of fused-ring (bicyclic) bond motifs is 10. The molecule has 0 amide bonds. The van der Waals surface area contributed by atoms with Gasteiger partial charge in [-0.25, -0.2) is 9.97 Å². The quantitative estimate of drug-likeness (QED) is 0.189. The summed E-state index contributed by atoms with van der Waals surface area (Å²) < 4.78 is 4.48.